The summed E-state index contributed by atoms with van der Waals surface area (Å²) >= 11 is 5.70. The number of carbonyl (C=O) groups excluding carboxylic acids is 1. The van der Waals surface area contributed by atoms with Crippen LogP contribution in [0.5, 0.6) is 5.75 Å². The number of nitrogens with zero attached hydrogens (tertiary/aromatic N) is 1. The fraction of sp³-hybridized carbons (Fsp3) is 0.167. The summed E-state index contributed by atoms with van der Waals surface area (Å²) < 4.78 is 33.7. The topological polar surface area (TPSA) is 64.4 Å². The van der Waals surface area contributed by atoms with Crippen LogP contribution in [0.4, 0.5) is 14.5 Å². The maximum absolute atomic E-state index is 12.3. The van der Waals surface area contributed by atoms with E-state index in [4.69, 9.17) is 16.1 Å². The molecule has 0 fully saturated rings. The molecule has 2 rings (SSSR count). The first-order chi connectivity index (χ1) is 9.47. The number of aryl methyl sites for hydroxylation is 1. The SMILES string of the molecule is Cc1oncc1C(=O)Nc1ccc(Cl)cc1OC(F)F. The average molecular weight is 303 g/mol. The number of halogens is 3. The van der Waals surface area contributed by atoms with Crippen LogP contribution in [0.15, 0.2) is 28.9 Å². The van der Waals surface area contributed by atoms with E-state index in [1.54, 1.807) is 6.92 Å². The first-order valence-corrected chi connectivity index (χ1v) is 5.82. The number of alkyl halides is 2. The first kappa shape index (κ1) is 14.3. The van der Waals surface area contributed by atoms with Gasteiger partial charge < -0.3 is 14.6 Å². The number of carbonyl (C=O) groups is 1. The maximum atomic E-state index is 12.3. The van der Waals surface area contributed by atoms with Gasteiger partial charge in [0.05, 0.1) is 11.9 Å². The van der Waals surface area contributed by atoms with Crippen LogP contribution in [0.2, 0.25) is 5.02 Å². The van der Waals surface area contributed by atoms with E-state index in [2.05, 4.69) is 15.2 Å². The number of ether oxygens (including phenoxy) is 1. The summed E-state index contributed by atoms with van der Waals surface area (Å²) in [6.45, 7) is -1.47. The van der Waals surface area contributed by atoms with Crippen LogP contribution >= 0.6 is 11.6 Å². The number of rotatable bonds is 4. The summed E-state index contributed by atoms with van der Waals surface area (Å²) in [6.07, 6.45) is 1.23. The van der Waals surface area contributed by atoms with Gasteiger partial charge in [-0.2, -0.15) is 8.78 Å². The van der Waals surface area contributed by atoms with E-state index in [0.29, 0.717) is 5.76 Å². The molecule has 0 aliphatic rings. The Kier molecular flexibility index (Phi) is 4.19. The van der Waals surface area contributed by atoms with Gasteiger partial charge in [-0.3, -0.25) is 4.79 Å². The number of anilines is 1. The molecule has 1 heterocycles. The standard InChI is InChI=1S/C12H9ClF2N2O3/c1-6-8(5-16-20-6)11(18)17-9-3-2-7(13)4-10(9)19-12(14)15/h2-5,12H,1H3,(H,17,18). The van der Waals surface area contributed by atoms with Crippen LogP contribution < -0.4 is 10.1 Å². The number of hydrogen-bond acceptors (Lipinski definition) is 4. The molecule has 0 bridgehead atoms. The van der Waals surface area contributed by atoms with E-state index in [-0.39, 0.29) is 22.0 Å². The molecule has 0 atom stereocenters. The quantitative estimate of drug-likeness (QED) is 0.939. The van der Waals surface area contributed by atoms with Crippen molar-refractivity contribution in [3.05, 3.63) is 40.7 Å². The smallest absolute Gasteiger partial charge is 0.387 e. The predicted molar refractivity (Wildman–Crippen MR) is 67.3 cm³/mol. The summed E-state index contributed by atoms with van der Waals surface area (Å²) in [5.41, 5.74) is 0.267. The molecule has 20 heavy (non-hydrogen) atoms. The number of nitrogens with one attached hydrogen (secondary N) is 1. The van der Waals surface area contributed by atoms with Crippen molar-refractivity contribution in [2.24, 2.45) is 0 Å². The predicted octanol–water partition coefficient (Wildman–Crippen LogP) is 3.49. The minimum atomic E-state index is -3.03. The van der Waals surface area contributed by atoms with Gasteiger partial charge in [-0.05, 0) is 19.1 Å². The molecular weight excluding hydrogens is 294 g/mol. The van der Waals surface area contributed by atoms with Crippen molar-refractivity contribution in [3.8, 4) is 5.75 Å². The molecule has 0 saturated heterocycles. The van der Waals surface area contributed by atoms with Crippen LogP contribution in [0.3, 0.4) is 0 Å². The van der Waals surface area contributed by atoms with Crippen molar-refractivity contribution in [1.29, 1.82) is 0 Å². The molecule has 2 aromatic rings. The fourth-order valence-corrected chi connectivity index (χ4v) is 1.66. The molecule has 1 N–H and O–H groups in total. The normalized spacial score (nSPS) is 10.7. The Morgan fingerprint density at radius 1 is 1.50 bits per heavy atom. The molecule has 0 aliphatic carbocycles. The Bertz CT molecular complexity index is 631. The van der Waals surface area contributed by atoms with Gasteiger partial charge >= 0.3 is 6.61 Å². The van der Waals surface area contributed by atoms with Gasteiger partial charge in [0.25, 0.3) is 5.91 Å². The molecule has 0 radical (unpaired) electrons. The fourth-order valence-electron chi connectivity index (χ4n) is 1.50. The highest BCUT2D eigenvalue weighted by Gasteiger charge is 2.17. The first-order valence-electron chi connectivity index (χ1n) is 5.44. The van der Waals surface area contributed by atoms with E-state index in [1.165, 1.54) is 24.4 Å². The molecular formula is C12H9ClF2N2O3. The Morgan fingerprint density at radius 2 is 2.25 bits per heavy atom. The maximum Gasteiger partial charge on any atom is 0.387 e. The lowest BCUT2D eigenvalue weighted by atomic mass is 10.2. The highest BCUT2D eigenvalue weighted by Crippen LogP contribution is 2.30. The van der Waals surface area contributed by atoms with E-state index >= 15 is 0 Å². The van der Waals surface area contributed by atoms with Crippen LogP contribution in [0.25, 0.3) is 0 Å². The zero-order valence-electron chi connectivity index (χ0n) is 10.2. The third-order valence-electron chi connectivity index (χ3n) is 2.40. The second-order valence-corrected chi connectivity index (χ2v) is 4.21. The molecule has 1 amide bonds. The average Bonchev–Trinajstić information content (AvgIpc) is 2.78. The van der Waals surface area contributed by atoms with Crippen molar-refractivity contribution in [1.82, 2.24) is 5.16 Å². The van der Waals surface area contributed by atoms with E-state index in [9.17, 15) is 13.6 Å². The van der Waals surface area contributed by atoms with Crippen molar-refractivity contribution < 1.29 is 22.8 Å². The summed E-state index contributed by atoms with van der Waals surface area (Å²) in [7, 11) is 0. The van der Waals surface area contributed by atoms with Crippen LogP contribution in [-0.4, -0.2) is 17.7 Å². The van der Waals surface area contributed by atoms with Crippen LogP contribution in [0, 0.1) is 6.92 Å². The number of hydrogen-bond donors (Lipinski definition) is 1. The van der Waals surface area contributed by atoms with E-state index in [0.717, 1.165) is 0 Å². The Morgan fingerprint density at radius 3 is 2.85 bits per heavy atom. The van der Waals surface area contributed by atoms with Gasteiger partial charge in [-0.25, -0.2) is 0 Å². The van der Waals surface area contributed by atoms with Gasteiger partial charge in [0, 0.05) is 11.1 Å². The molecule has 0 unspecified atom stereocenters. The lowest BCUT2D eigenvalue weighted by Gasteiger charge is -2.11. The minimum absolute atomic E-state index is 0.0697. The minimum Gasteiger partial charge on any atom is -0.433 e. The number of benzene rings is 1. The van der Waals surface area contributed by atoms with Crippen LogP contribution in [0.1, 0.15) is 16.1 Å². The molecule has 5 nitrogen and oxygen atoms in total. The molecule has 1 aromatic carbocycles. The Hall–Kier alpha value is -2.15. The van der Waals surface area contributed by atoms with E-state index < -0.39 is 12.5 Å². The summed E-state index contributed by atoms with van der Waals surface area (Å²) in [5, 5.41) is 6.10. The summed E-state index contributed by atoms with van der Waals surface area (Å²) in [4.78, 5) is 11.9. The monoisotopic (exact) mass is 302 g/mol. The van der Waals surface area contributed by atoms with Gasteiger partial charge in [0.2, 0.25) is 0 Å². The van der Waals surface area contributed by atoms with Crippen molar-refractivity contribution in [2.45, 2.75) is 13.5 Å². The lowest BCUT2D eigenvalue weighted by Crippen LogP contribution is -2.14. The molecule has 0 aliphatic heterocycles. The van der Waals surface area contributed by atoms with Crippen molar-refractivity contribution in [2.75, 3.05) is 5.32 Å². The lowest BCUT2D eigenvalue weighted by molar-refractivity contribution is -0.0493. The molecule has 106 valence electrons. The number of amides is 1. The van der Waals surface area contributed by atoms with Crippen molar-refractivity contribution >= 4 is 23.2 Å². The molecule has 0 saturated carbocycles. The largest absolute Gasteiger partial charge is 0.433 e. The highest BCUT2D eigenvalue weighted by molar-refractivity contribution is 6.30. The van der Waals surface area contributed by atoms with Gasteiger partial charge in [-0.15, -0.1) is 0 Å². The molecule has 0 spiro atoms. The Labute approximate surface area is 117 Å². The second kappa shape index (κ2) is 5.87. The summed E-state index contributed by atoms with van der Waals surface area (Å²) in [6, 6.07) is 3.99. The van der Waals surface area contributed by atoms with Crippen molar-refractivity contribution in [3.63, 3.8) is 0 Å². The highest BCUT2D eigenvalue weighted by atomic mass is 35.5. The van der Waals surface area contributed by atoms with Gasteiger partial charge in [0.15, 0.2) is 5.75 Å². The third kappa shape index (κ3) is 3.24. The van der Waals surface area contributed by atoms with Gasteiger partial charge in [0.1, 0.15) is 11.3 Å². The second-order valence-electron chi connectivity index (χ2n) is 3.77. The van der Waals surface area contributed by atoms with Crippen LogP contribution in [-0.2, 0) is 0 Å². The third-order valence-corrected chi connectivity index (χ3v) is 2.64. The zero-order valence-corrected chi connectivity index (χ0v) is 10.9. The van der Waals surface area contributed by atoms with Gasteiger partial charge in [-0.1, -0.05) is 16.8 Å². The zero-order chi connectivity index (χ0) is 14.7. The number of aromatic nitrogens is 1. The molecule has 8 heteroatoms. The van der Waals surface area contributed by atoms with E-state index in [1.807, 2.05) is 0 Å². The summed E-state index contributed by atoms with van der Waals surface area (Å²) in [5.74, 6) is -0.465. The molecule has 1 aromatic heterocycles. The Balaban J connectivity index is 2.25.